The second-order valence-corrected chi connectivity index (χ2v) is 4.13. The van der Waals surface area contributed by atoms with Crippen LogP contribution in [-0.4, -0.2) is 14.9 Å². The van der Waals surface area contributed by atoms with E-state index in [0.717, 1.165) is 11.0 Å². The van der Waals surface area contributed by atoms with Crippen LogP contribution in [-0.2, 0) is 0 Å². The van der Waals surface area contributed by atoms with Crippen molar-refractivity contribution in [2.24, 2.45) is 0 Å². The third-order valence-corrected chi connectivity index (χ3v) is 2.89. The third-order valence-electron chi connectivity index (χ3n) is 2.89. The molecule has 1 heterocycles. The maximum atomic E-state index is 10.8. The molecule has 94 valence electrons. The molecule has 0 aliphatic carbocycles. The third kappa shape index (κ3) is 1.89. The van der Waals surface area contributed by atoms with E-state index in [9.17, 15) is 10.1 Å². The van der Waals surface area contributed by atoms with Crippen molar-refractivity contribution in [3.05, 3.63) is 52.6 Å². The van der Waals surface area contributed by atoms with Gasteiger partial charge in [0.2, 0.25) is 0 Å². The molecule has 6 nitrogen and oxygen atoms in total. The first-order valence-corrected chi connectivity index (χ1v) is 5.64. The van der Waals surface area contributed by atoms with Gasteiger partial charge < -0.3 is 10.7 Å². The Balaban J connectivity index is 2.20. The molecule has 0 radical (unpaired) electrons. The SMILES string of the molecule is Nc1ccc([N+](=O)[O-])cc1-c1nc2ccccc2[nH]1. The first-order valence-electron chi connectivity index (χ1n) is 5.64. The lowest BCUT2D eigenvalue weighted by atomic mass is 10.1. The van der Waals surface area contributed by atoms with Crippen LogP contribution in [0.25, 0.3) is 22.4 Å². The summed E-state index contributed by atoms with van der Waals surface area (Å²) >= 11 is 0. The maximum absolute atomic E-state index is 10.8. The minimum Gasteiger partial charge on any atom is -0.398 e. The van der Waals surface area contributed by atoms with Crippen molar-refractivity contribution in [1.82, 2.24) is 9.97 Å². The number of nitro groups is 1. The Hall–Kier alpha value is -2.89. The first kappa shape index (κ1) is 11.2. The van der Waals surface area contributed by atoms with Gasteiger partial charge in [0.25, 0.3) is 5.69 Å². The summed E-state index contributed by atoms with van der Waals surface area (Å²) in [6.07, 6.45) is 0. The van der Waals surface area contributed by atoms with Gasteiger partial charge in [-0.15, -0.1) is 0 Å². The summed E-state index contributed by atoms with van der Waals surface area (Å²) in [7, 11) is 0. The highest BCUT2D eigenvalue weighted by molar-refractivity contribution is 5.83. The molecule has 0 amide bonds. The van der Waals surface area contributed by atoms with Gasteiger partial charge in [-0.25, -0.2) is 4.98 Å². The number of H-pyrrole nitrogens is 1. The van der Waals surface area contributed by atoms with E-state index < -0.39 is 4.92 Å². The van der Waals surface area contributed by atoms with Gasteiger partial charge >= 0.3 is 0 Å². The average Bonchev–Trinajstić information content (AvgIpc) is 2.82. The fourth-order valence-electron chi connectivity index (χ4n) is 1.94. The van der Waals surface area contributed by atoms with E-state index in [1.54, 1.807) is 0 Å². The number of aromatic amines is 1. The molecular formula is C13H10N4O2. The molecule has 0 bridgehead atoms. The number of para-hydroxylation sites is 2. The van der Waals surface area contributed by atoms with Gasteiger partial charge in [-0.2, -0.15) is 0 Å². The van der Waals surface area contributed by atoms with E-state index in [2.05, 4.69) is 9.97 Å². The summed E-state index contributed by atoms with van der Waals surface area (Å²) in [4.78, 5) is 17.8. The monoisotopic (exact) mass is 254 g/mol. The largest absolute Gasteiger partial charge is 0.398 e. The van der Waals surface area contributed by atoms with E-state index in [-0.39, 0.29) is 5.69 Å². The summed E-state index contributed by atoms with van der Waals surface area (Å²) in [5.74, 6) is 0.530. The number of hydrogen-bond donors (Lipinski definition) is 2. The smallest absolute Gasteiger partial charge is 0.270 e. The van der Waals surface area contributed by atoms with Crippen LogP contribution in [0.15, 0.2) is 42.5 Å². The minimum absolute atomic E-state index is 0.00958. The van der Waals surface area contributed by atoms with Crippen LogP contribution < -0.4 is 5.73 Å². The number of fused-ring (bicyclic) bond motifs is 1. The molecule has 0 atom stereocenters. The van der Waals surface area contributed by atoms with Crippen LogP contribution in [0.5, 0.6) is 0 Å². The Morgan fingerprint density at radius 3 is 2.74 bits per heavy atom. The Labute approximate surface area is 108 Å². The molecule has 3 rings (SSSR count). The summed E-state index contributed by atoms with van der Waals surface area (Å²) in [5, 5.41) is 10.8. The van der Waals surface area contributed by atoms with Gasteiger partial charge in [0.05, 0.1) is 16.0 Å². The molecule has 0 aliphatic heterocycles. The van der Waals surface area contributed by atoms with Crippen LogP contribution in [0, 0.1) is 10.1 Å². The van der Waals surface area contributed by atoms with Crippen LogP contribution in [0.2, 0.25) is 0 Å². The number of aromatic nitrogens is 2. The van der Waals surface area contributed by atoms with E-state index in [0.29, 0.717) is 17.1 Å². The lowest BCUT2D eigenvalue weighted by molar-refractivity contribution is -0.384. The van der Waals surface area contributed by atoms with Crippen molar-refractivity contribution in [3.63, 3.8) is 0 Å². The molecule has 0 aliphatic rings. The van der Waals surface area contributed by atoms with E-state index in [1.165, 1.54) is 18.2 Å². The van der Waals surface area contributed by atoms with Crippen LogP contribution in [0.3, 0.4) is 0 Å². The molecule has 0 unspecified atom stereocenters. The number of nitrogens with one attached hydrogen (secondary N) is 1. The molecule has 0 saturated carbocycles. The summed E-state index contributed by atoms with van der Waals surface area (Å²) in [6.45, 7) is 0. The van der Waals surface area contributed by atoms with Crippen molar-refractivity contribution < 1.29 is 4.92 Å². The number of non-ortho nitro benzene ring substituents is 1. The van der Waals surface area contributed by atoms with Crippen molar-refractivity contribution in [1.29, 1.82) is 0 Å². The zero-order chi connectivity index (χ0) is 13.4. The fraction of sp³-hybridized carbons (Fsp3) is 0. The highest BCUT2D eigenvalue weighted by Crippen LogP contribution is 2.29. The molecule has 1 aromatic heterocycles. The second kappa shape index (κ2) is 4.09. The Kier molecular flexibility index (Phi) is 2.42. The van der Waals surface area contributed by atoms with Gasteiger partial charge in [0.15, 0.2) is 0 Å². The molecule has 0 spiro atoms. The molecule has 2 aromatic carbocycles. The highest BCUT2D eigenvalue weighted by Gasteiger charge is 2.13. The zero-order valence-electron chi connectivity index (χ0n) is 9.83. The van der Waals surface area contributed by atoms with E-state index in [1.807, 2.05) is 24.3 Å². The lowest BCUT2D eigenvalue weighted by Gasteiger charge is -2.01. The van der Waals surface area contributed by atoms with Crippen LogP contribution in [0.1, 0.15) is 0 Å². The number of rotatable bonds is 2. The Bertz CT molecular complexity index is 746. The zero-order valence-corrected chi connectivity index (χ0v) is 9.83. The van der Waals surface area contributed by atoms with Gasteiger partial charge in [-0.3, -0.25) is 10.1 Å². The van der Waals surface area contributed by atoms with Crippen molar-refractivity contribution in [2.45, 2.75) is 0 Å². The van der Waals surface area contributed by atoms with Crippen LogP contribution >= 0.6 is 0 Å². The quantitative estimate of drug-likeness (QED) is 0.417. The molecule has 6 heteroatoms. The molecule has 3 aromatic rings. The second-order valence-electron chi connectivity index (χ2n) is 4.13. The van der Waals surface area contributed by atoms with Gasteiger partial charge in [-0.1, -0.05) is 12.1 Å². The lowest BCUT2D eigenvalue weighted by Crippen LogP contribution is -1.94. The van der Waals surface area contributed by atoms with Crippen molar-refractivity contribution >= 4 is 22.4 Å². The molecule has 0 fully saturated rings. The molecule has 3 N–H and O–H groups in total. The number of hydrogen-bond acceptors (Lipinski definition) is 4. The normalized spacial score (nSPS) is 10.7. The maximum Gasteiger partial charge on any atom is 0.270 e. The number of imidazole rings is 1. The number of anilines is 1. The fourth-order valence-corrected chi connectivity index (χ4v) is 1.94. The van der Waals surface area contributed by atoms with Crippen molar-refractivity contribution in [3.8, 4) is 11.4 Å². The average molecular weight is 254 g/mol. The number of nitrogens with two attached hydrogens (primary N) is 1. The summed E-state index contributed by atoms with van der Waals surface area (Å²) in [6, 6.07) is 11.8. The highest BCUT2D eigenvalue weighted by atomic mass is 16.6. The predicted octanol–water partition coefficient (Wildman–Crippen LogP) is 2.72. The molecular weight excluding hydrogens is 244 g/mol. The van der Waals surface area contributed by atoms with Crippen molar-refractivity contribution in [2.75, 3.05) is 5.73 Å². The van der Waals surface area contributed by atoms with Gasteiger partial charge in [0, 0.05) is 23.4 Å². The van der Waals surface area contributed by atoms with Gasteiger partial charge in [-0.05, 0) is 18.2 Å². The van der Waals surface area contributed by atoms with E-state index in [4.69, 9.17) is 5.73 Å². The summed E-state index contributed by atoms with van der Waals surface area (Å²) in [5.41, 5.74) is 8.49. The standard InChI is InChI=1S/C13H10N4O2/c14-10-6-5-8(17(18)19)7-9(10)13-15-11-3-1-2-4-12(11)16-13/h1-7H,14H2,(H,15,16). The number of nitrogens with zero attached hydrogens (tertiary/aromatic N) is 2. The predicted molar refractivity (Wildman–Crippen MR) is 72.6 cm³/mol. The molecule has 19 heavy (non-hydrogen) atoms. The number of nitro benzene ring substituents is 1. The van der Waals surface area contributed by atoms with E-state index >= 15 is 0 Å². The minimum atomic E-state index is -0.453. The number of nitrogen functional groups attached to an aromatic ring is 1. The topological polar surface area (TPSA) is 97.8 Å². The first-order chi connectivity index (χ1) is 9.15. The Morgan fingerprint density at radius 1 is 1.21 bits per heavy atom. The van der Waals surface area contributed by atoms with Crippen LogP contribution in [0.4, 0.5) is 11.4 Å². The summed E-state index contributed by atoms with van der Waals surface area (Å²) < 4.78 is 0. The molecule has 0 saturated heterocycles. The number of benzene rings is 2. The van der Waals surface area contributed by atoms with Gasteiger partial charge in [0.1, 0.15) is 5.82 Å². The Morgan fingerprint density at radius 2 is 2.00 bits per heavy atom.